The van der Waals surface area contributed by atoms with E-state index >= 15 is 0 Å². The number of allylic oxidation sites excluding steroid dienone is 3. The molecular weight excluding hydrogens is 226 g/mol. The van der Waals surface area contributed by atoms with Crippen LogP contribution >= 0.6 is 0 Å². The normalized spacial score (nSPS) is 23.8. The summed E-state index contributed by atoms with van der Waals surface area (Å²) in [6.07, 6.45) is 10.6. The second-order valence-corrected chi connectivity index (χ2v) is 5.08. The summed E-state index contributed by atoms with van der Waals surface area (Å²) in [6.45, 7) is 4.80. The van der Waals surface area contributed by atoms with E-state index in [1.165, 1.54) is 0 Å². The smallest absolute Gasteiger partial charge is 0.255 e. The Kier molecular flexibility index (Phi) is 4.45. The highest BCUT2D eigenvalue weighted by Gasteiger charge is 2.36. The Morgan fingerprint density at radius 2 is 2.28 bits per heavy atom. The number of rotatable bonds is 5. The lowest BCUT2D eigenvalue weighted by molar-refractivity contribution is -0.139. The first-order valence-electron chi connectivity index (χ1n) is 7.02. The van der Waals surface area contributed by atoms with Gasteiger partial charge in [-0.05, 0) is 39.5 Å². The first kappa shape index (κ1) is 13.2. The zero-order valence-electron chi connectivity index (χ0n) is 11.4. The van der Waals surface area contributed by atoms with Crippen molar-refractivity contribution < 1.29 is 9.53 Å². The molecular formula is C15H23NO2. The molecule has 0 radical (unpaired) electrons. The summed E-state index contributed by atoms with van der Waals surface area (Å²) in [6, 6.07) is 0. The van der Waals surface area contributed by atoms with Crippen molar-refractivity contribution >= 4 is 5.91 Å². The van der Waals surface area contributed by atoms with Gasteiger partial charge in [-0.15, -0.1) is 0 Å². The van der Waals surface area contributed by atoms with Crippen LogP contribution in [0, 0.1) is 0 Å². The zero-order chi connectivity index (χ0) is 13.0. The summed E-state index contributed by atoms with van der Waals surface area (Å²) in [4.78, 5) is 14.0. The van der Waals surface area contributed by atoms with Crippen molar-refractivity contribution in [3.05, 3.63) is 23.5 Å². The van der Waals surface area contributed by atoms with Crippen LogP contribution in [0.2, 0.25) is 0 Å². The van der Waals surface area contributed by atoms with Gasteiger partial charge in [-0.1, -0.05) is 12.2 Å². The van der Waals surface area contributed by atoms with E-state index in [0.717, 1.165) is 56.4 Å². The van der Waals surface area contributed by atoms with Crippen LogP contribution in [0.15, 0.2) is 23.5 Å². The molecule has 0 bridgehead atoms. The van der Waals surface area contributed by atoms with Crippen LogP contribution in [-0.2, 0) is 9.53 Å². The fraction of sp³-hybridized carbons (Fsp3) is 0.667. The maximum absolute atomic E-state index is 12.1. The summed E-state index contributed by atoms with van der Waals surface area (Å²) >= 11 is 0. The van der Waals surface area contributed by atoms with E-state index in [1.54, 1.807) is 0 Å². The molecule has 2 rings (SSSR count). The number of hydrogen-bond acceptors (Lipinski definition) is 2. The predicted octanol–water partition coefficient (Wildman–Crippen LogP) is 3.38. The molecule has 1 atom stereocenters. The molecule has 0 aliphatic carbocycles. The van der Waals surface area contributed by atoms with Crippen LogP contribution in [0.1, 0.15) is 52.4 Å². The lowest BCUT2D eigenvalue weighted by atomic mass is 10.1. The lowest BCUT2D eigenvalue weighted by Gasteiger charge is -2.32. The van der Waals surface area contributed by atoms with Crippen LogP contribution in [0.5, 0.6) is 0 Å². The Labute approximate surface area is 109 Å². The highest BCUT2D eigenvalue weighted by Crippen LogP contribution is 2.31. The highest BCUT2D eigenvalue weighted by molar-refractivity contribution is 5.94. The van der Waals surface area contributed by atoms with Gasteiger partial charge >= 0.3 is 0 Å². The molecule has 2 aliphatic heterocycles. The zero-order valence-corrected chi connectivity index (χ0v) is 11.4. The van der Waals surface area contributed by atoms with Crippen molar-refractivity contribution in [2.45, 2.75) is 58.6 Å². The fourth-order valence-electron chi connectivity index (χ4n) is 2.64. The monoisotopic (exact) mass is 249 g/mol. The molecule has 0 saturated carbocycles. The molecule has 1 amide bonds. The van der Waals surface area contributed by atoms with E-state index in [0.29, 0.717) is 0 Å². The second kappa shape index (κ2) is 6.07. The Morgan fingerprint density at radius 1 is 1.44 bits per heavy atom. The van der Waals surface area contributed by atoms with E-state index in [4.69, 9.17) is 4.74 Å². The fourth-order valence-corrected chi connectivity index (χ4v) is 2.64. The summed E-state index contributed by atoms with van der Waals surface area (Å²) in [5, 5.41) is 0. The Hall–Kier alpha value is -1.25. The van der Waals surface area contributed by atoms with E-state index in [9.17, 15) is 4.79 Å². The second-order valence-electron chi connectivity index (χ2n) is 5.08. The number of nitrogens with zero attached hydrogens (tertiary/aromatic N) is 1. The van der Waals surface area contributed by atoms with Crippen molar-refractivity contribution in [1.29, 1.82) is 0 Å². The van der Waals surface area contributed by atoms with Crippen molar-refractivity contribution in [1.82, 2.24) is 4.90 Å². The van der Waals surface area contributed by atoms with Crippen LogP contribution in [0.4, 0.5) is 0 Å². The highest BCUT2D eigenvalue weighted by atomic mass is 16.5. The maximum atomic E-state index is 12.1. The average Bonchev–Trinajstić information content (AvgIpc) is 2.83. The number of carbonyl (C=O) groups excluding carboxylic acids is 1. The molecule has 0 aromatic carbocycles. The molecule has 2 heterocycles. The number of unbranched alkanes of at least 4 members (excludes halogenated alkanes) is 2. The molecule has 0 N–H and O–H groups in total. The van der Waals surface area contributed by atoms with Gasteiger partial charge in [0.15, 0.2) is 6.23 Å². The minimum Gasteiger partial charge on any atom is -0.474 e. The minimum atomic E-state index is 0.0201. The number of ether oxygens (including phenoxy) is 1. The van der Waals surface area contributed by atoms with Gasteiger partial charge in [0.1, 0.15) is 5.76 Å². The quantitative estimate of drug-likeness (QED) is 0.552. The Morgan fingerprint density at radius 3 is 3.06 bits per heavy atom. The summed E-state index contributed by atoms with van der Waals surface area (Å²) in [7, 11) is 0. The topological polar surface area (TPSA) is 29.5 Å². The number of amides is 1. The Bertz CT molecular complexity index is 371. The van der Waals surface area contributed by atoms with E-state index in [-0.39, 0.29) is 12.1 Å². The third-order valence-electron chi connectivity index (χ3n) is 3.74. The SMILES string of the molecule is CC=CCCCCC1=C(C)C(=O)N2CCCC2O1. The number of fused-ring (bicyclic) bond motifs is 1. The standard InChI is InChI=1S/C15H23NO2/c1-3-4-5-6-7-9-13-12(2)15(17)16-11-8-10-14(16)18-13/h3-4,14H,5-11H2,1-2H3. The van der Waals surface area contributed by atoms with Gasteiger partial charge in [0.05, 0.1) is 5.57 Å². The molecule has 1 fully saturated rings. The predicted molar refractivity (Wildman–Crippen MR) is 71.8 cm³/mol. The third-order valence-corrected chi connectivity index (χ3v) is 3.74. The summed E-state index contributed by atoms with van der Waals surface area (Å²) < 4.78 is 5.97. The van der Waals surface area contributed by atoms with E-state index in [2.05, 4.69) is 12.2 Å². The number of hydrogen-bond donors (Lipinski definition) is 0. The van der Waals surface area contributed by atoms with Gasteiger partial charge in [-0.3, -0.25) is 4.79 Å². The molecule has 18 heavy (non-hydrogen) atoms. The first-order valence-corrected chi connectivity index (χ1v) is 7.02. The van der Waals surface area contributed by atoms with Crippen LogP contribution < -0.4 is 0 Å². The summed E-state index contributed by atoms with van der Waals surface area (Å²) in [5.41, 5.74) is 0.819. The summed E-state index contributed by atoms with van der Waals surface area (Å²) in [5.74, 6) is 1.12. The maximum Gasteiger partial charge on any atom is 0.255 e. The van der Waals surface area contributed by atoms with Gasteiger partial charge in [-0.2, -0.15) is 0 Å². The van der Waals surface area contributed by atoms with Gasteiger partial charge < -0.3 is 9.64 Å². The molecule has 3 heteroatoms. The molecule has 1 saturated heterocycles. The van der Waals surface area contributed by atoms with E-state index < -0.39 is 0 Å². The Balaban J connectivity index is 1.89. The van der Waals surface area contributed by atoms with E-state index in [1.807, 2.05) is 18.7 Å². The van der Waals surface area contributed by atoms with Gasteiger partial charge in [-0.25, -0.2) is 0 Å². The molecule has 0 aromatic rings. The lowest BCUT2D eigenvalue weighted by Crippen LogP contribution is -2.41. The van der Waals surface area contributed by atoms with Crippen molar-refractivity contribution in [2.75, 3.05) is 6.54 Å². The van der Waals surface area contributed by atoms with Crippen LogP contribution in [0.25, 0.3) is 0 Å². The molecule has 1 unspecified atom stereocenters. The van der Waals surface area contributed by atoms with Gasteiger partial charge in [0.25, 0.3) is 5.91 Å². The first-order chi connectivity index (χ1) is 8.74. The average molecular weight is 249 g/mol. The molecule has 0 aromatic heterocycles. The molecule has 3 nitrogen and oxygen atoms in total. The van der Waals surface area contributed by atoms with Crippen molar-refractivity contribution in [3.8, 4) is 0 Å². The van der Waals surface area contributed by atoms with Gasteiger partial charge in [0, 0.05) is 19.4 Å². The van der Waals surface area contributed by atoms with Crippen molar-refractivity contribution in [2.24, 2.45) is 0 Å². The molecule has 100 valence electrons. The minimum absolute atomic E-state index is 0.0201. The largest absolute Gasteiger partial charge is 0.474 e. The van der Waals surface area contributed by atoms with Crippen LogP contribution in [-0.4, -0.2) is 23.6 Å². The molecule has 0 spiro atoms. The van der Waals surface area contributed by atoms with Crippen LogP contribution in [0.3, 0.4) is 0 Å². The van der Waals surface area contributed by atoms with Gasteiger partial charge in [0.2, 0.25) is 0 Å². The number of carbonyl (C=O) groups is 1. The third kappa shape index (κ3) is 2.77. The molecule has 2 aliphatic rings. The van der Waals surface area contributed by atoms with Crippen molar-refractivity contribution in [3.63, 3.8) is 0 Å².